The molecule has 0 bridgehead atoms. The van der Waals surface area contributed by atoms with Crippen LogP contribution in [0.15, 0.2) is 36.7 Å². The maximum absolute atomic E-state index is 13.7. The average Bonchev–Trinajstić information content (AvgIpc) is 2.89. The number of nitrogens with one attached hydrogen (secondary N) is 2. The van der Waals surface area contributed by atoms with E-state index in [0.29, 0.717) is 5.69 Å². The van der Waals surface area contributed by atoms with Crippen molar-refractivity contribution in [3.05, 3.63) is 53.6 Å². The molecule has 7 heteroatoms. The van der Waals surface area contributed by atoms with Crippen LogP contribution in [0.2, 0.25) is 0 Å². The number of benzene rings is 1. The first kappa shape index (κ1) is 13.5. The Morgan fingerprint density at radius 1 is 1.40 bits per heavy atom. The Morgan fingerprint density at radius 2 is 2.20 bits per heavy atom. The number of H-pyrrole nitrogens is 1. The molecule has 0 aliphatic rings. The van der Waals surface area contributed by atoms with Crippen LogP contribution in [0, 0.1) is 5.82 Å². The van der Waals surface area contributed by atoms with Crippen molar-refractivity contribution < 1.29 is 19.1 Å². The maximum Gasteiger partial charge on any atom is 0.328 e. The van der Waals surface area contributed by atoms with Crippen molar-refractivity contribution in [1.29, 1.82) is 0 Å². The third-order valence-electron chi connectivity index (χ3n) is 2.42. The van der Waals surface area contributed by atoms with Gasteiger partial charge in [0, 0.05) is 23.4 Å². The van der Waals surface area contributed by atoms with Gasteiger partial charge in [0.1, 0.15) is 5.82 Å². The van der Waals surface area contributed by atoms with Gasteiger partial charge in [0.25, 0.3) is 5.91 Å². The molecule has 0 fully saturated rings. The Bertz CT molecular complexity index is 666. The van der Waals surface area contributed by atoms with Gasteiger partial charge in [0.15, 0.2) is 0 Å². The summed E-state index contributed by atoms with van der Waals surface area (Å²) in [6, 6.07) is 3.77. The lowest BCUT2D eigenvalue weighted by Crippen LogP contribution is -2.11. The van der Waals surface area contributed by atoms with Gasteiger partial charge in [0.2, 0.25) is 0 Å². The molecule has 1 aromatic carbocycles. The zero-order valence-corrected chi connectivity index (χ0v) is 10.1. The Morgan fingerprint density at radius 3 is 2.80 bits per heavy atom. The van der Waals surface area contributed by atoms with Gasteiger partial charge < -0.3 is 10.4 Å². The van der Waals surface area contributed by atoms with E-state index in [2.05, 4.69) is 15.5 Å². The van der Waals surface area contributed by atoms with Crippen molar-refractivity contribution in [3.8, 4) is 0 Å². The van der Waals surface area contributed by atoms with Crippen molar-refractivity contribution >= 4 is 23.6 Å². The van der Waals surface area contributed by atoms with Crippen LogP contribution in [0.4, 0.5) is 10.1 Å². The fourth-order valence-electron chi connectivity index (χ4n) is 1.49. The second-order valence-electron chi connectivity index (χ2n) is 3.85. The van der Waals surface area contributed by atoms with E-state index in [0.717, 1.165) is 18.2 Å². The first-order chi connectivity index (χ1) is 9.56. The molecule has 0 aliphatic carbocycles. The van der Waals surface area contributed by atoms with Crippen LogP contribution >= 0.6 is 0 Å². The summed E-state index contributed by atoms with van der Waals surface area (Å²) in [4.78, 5) is 22.2. The topological polar surface area (TPSA) is 95.1 Å². The summed E-state index contributed by atoms with van der Waals surface area (Å²) in [5.74, 6) is -2.34. The zero-order valence-electron chi connectivity index (χ0n) is 10.1. The van der Waals surface area contributed by atoms with E-state index < -0.39 is 17.7 Å². The summed E-state index contributed by atoms with van der Waals surface area (Å²) in [7, 11) is 0. The van der Waals surface area contributed by atoms with Gasteiger partial charge in [-0.1, -0.05) is 6.07 Å². The van der Waals surface area contributed by atoms with Crippen molar-refractivity contribution in [2.75, 3.05) is 5.32 Å². The number of nitrogens with zero attached hydrogens (tertiary/aromatic N) is 1. The molecule has 20 heavy (non-hydrogen) atoms. The molecule has 102 valence electrons. The van der Waals surface area contributed by atoms with Crippen LogP contribution in [0.1, 0.15) is 15.9 Å². The molecule has 1 amide bonds. The van der Waals surface area contributed by atoms with E-state index in [-0.39, 0.29) is 11.1 Å². The van der Waals surface area contributed by atoms with E-state index in [1.165, 1.54) is 24.5 Å². The summed E-state index contributed by atoms with van der Waals surface area (Å²) < 4.78 is 13.7. The Hall–Kier alpha value is -2.96. The quantitative estimate of drug-likeness (QED) is 0.742. The van der Waals surface area contributed by atoms with Crippen molar-refractivity contribution in [2.45, 2.75) is 0 Å². The summed E-state index contributed by atoms with van der Waals surface area (Å²) in [5.41, 5.74) is 0.675. The minimum absolute atomic E-state index is 0.0901. The van der Waals surface area contributed by atoms with Gasteiger partial charge >= 0.3 is 5.97 Å². The number of carboxylic acid groups (broad SMARTS) is 1. The molecule has 0 aliphatic heterocycles. The van der Waals surface area contributed by atoms with Crippen molar-refractivity contribution in [1.82, 2.24) is 10.2 Å². The number of aromatic amines is 1. The van der Waals surface area contributed by atoms with E-state index in [4.69, 9.17) is 5.11 Å². The van der Waals surface area contributed by atoms with Gasteiger partial charge in [-0.3, -0.25) is 9.89 Å². The molecule has 0 unspecified atom stereocenters. The Kier molecular flexibility index (Phi) is 3.90. The number of halogens is 1. The largest absolute Gasteiger partial charge is 0.478 e. The number of rotatable bonds is 4. The summed E-state index contributed by atoms with van der Waals surface area (Å²) in [5, 5.41) is 17.2. The molecule has 0 saturated heterocycles. The minimum Gasteiger partial charge on any atom is -0.478 e. The fraction of sp³-hybridized carbons (Fsp3) is 0. The number of amides is 1. The van der Waals surface area contributed by atoms with E-state index in [1.54, 1.807) is 0 Å². The van der Waals surface area contributed by atoms with Crippen molar-refractivity contribution in [3.63, 3.8) is 0 Å². The predicted octanol–water partition coefficient (Wildman–Crippen LogP) is 1.90. The Balaban J connectivity index is 2.16. The first-order valence-electron chi connectivity index (χ1n) is 5.57. The SMILES string of the molecule is O=C(O)C=Cc1ccc(C(=O)Nc2cn[nH]c2)cc1F. The number of hydrogen-bond acceptors (Lipinski definition) is 3. The fourth-order valence-corrected chi connectivity index (χ4v) is 1.49. The highest BCUT2D eigenvalue weighted by atomic mass is 19.1. The van der Waals surface area contributed by atoms with Gasteiger partial charge in [0.05, 0.1) is 11.9 Å². The van der Waals surface area contributed by atoms with Crippen molar-refractivity contribution in [2.24, 2.45) is 0 Å². The normalized spacial score (nSPS) is 10.7. The molecule has 6 nitrogen and oxygen atoms in total. The molecule has 2 rings (SSSR count). The smallest absolute Gasteiger partial charge is 0.328 e. The van der Waals surface area contributed by atoms with Crippen LogP contribution in [0.3, 0.4) is 0 Å². The number of carbonyl (C=O) groups is 2. The number of aliphatic carboxylic acids is 1. The molecule has 0 spiro atoms. The predicted molar refractivity (Wildman–Crippen MR) is 69.6 cm³/mol. The van der Waals surface area contributed by atoms with Crippen LogP contribution in [-0.2, 0) is 4.79 Å². The molecular formula is C13H10FN3O3. The third-order valence-corrected chi connectivity index (χ3v) is 2.42. The van der Waals surface area contributed by atoms with E-state index in [1.807, 2.05) is 0 Å². The number of carbonyl (C=O) groups excluding carboxylic acids is 1. The molecule has 1 heterocycles. The average molecular weight is 275 g/mol. The Labute approximate surface area is 112 Å². The molecular weight excluding hydrogens is 265 g/mol. The number of carboxylic acids is 1. The monoisotopic (exact) mass is 275 g/mol. The minimum atomic E-state index is -1.17. The summed E-state index contributed by atoms with van der Waals surface area (Å²) in [6.07, 6.45) is 4.84. The highest BCUT2D eigenvalue weighted by molar-refractivity contribution is 6.04. The maximum atomic E-state index is 13.7. The third kappa shape index (κ3) is 3.29. The van der Waals surface area contributed by atoms with Gasteiger partial charge in [-0.25, -0.2) is 9.18 Å². The number of aromatic nitrogens is 2. The van der Waals surface area contributed by atoms with Crippen LogP contribution in [0.25, 0.3) is 6.08 Å². The highest BCUT2D eigenvalue weighted by Gasteiger charge is 2.09. The highest BCUT2D eigenvalue weighted by Crippen LogP contribution is 2.14. The van der Waals surface area contributed by atoms with Gasteiger partial charge in [-0.15, -0.1) is 0 Å². The summed E-state index contributed by atoms with van der Waals surface area (Å²) >= 11 is 0. The standard InChI is InChI=1S/C13H10FN3O3/c14-11-5-9(2-1-8(11)3-4-12(18)19)13(20)17-10-6-15-16-7-10/h1-7H,(H,15,16)(H,17,20)(H,18,19). The van der Waals surface area contributed by atoms with Crippen LogP contribution < -0.4 is 5.32 Å². The first-order valence-corrected chi connectivity index (χ1v) is 5.57. The van der Waals surface area contributed by atoms with Crippen LogP contribution in [0.5, 0.6) is 0 Å². The molecule has 3 N–H and O–H groups in total. The van der Waals surface area contributed by atoms with E-state index in [9.17, 15) is 14.0 Å². The van der Waals surface area contributed by atoms with Crippen LogP contribution in [-0.4, -0.2) is 27.2 Å². The second-order valence-corrected chi connectivity index (χ2v) is 3.85. The second kappa shape index (κ2) is 5.79. The lowest BCUT2D eigenvalue weighted by molar-refractivity contribution is -0.131. The number of hydrogen-bond donors (Lipinski definition) is 3. The van der Waals surface area contributed by atoms with E-state index >= 15 is 0 Å². The lowest BCUT2D eigenvalue weighted by atomic mass is 10.1. The lowest BCUT2D eigenvalue weighted by Gasteiger charge is -2.04. The molecule has 0 saturated carbocycles. The zero-order chi connectivity index (χ0) is 14.5. The molecule has 2 aromatic rings. The van der Waals surface area contributed by atoms with Gasteiger partial charge in [-0.2, -0.15) is 5.10 Å². The summed E-state index contributed by atoms with van der Waals surface area (Å²) in [6.45, 7) is 0. The molecule has 0 atom stereocenters. The number of anilines is 1. The molecule has 0 radical (unpaired) electrons. The van der Waals surface area contributed by atoms with Gasteiger partial charge in [-0.05, 0) is 18.2 Å². The molecule has 1 aromatic heterocycles.